The Kier molecular flexibility index (Phi) is 2.28. The predicted molar refractivity (Wildman–Crippen MR) is 52.9 cm³/mol. The summed E-state index contributed by atoms with van der Waals surface area (Å²) in [5.74, 6) is 0. The fraction of sp³-hybridized carbons (Fsp3) is 0.556. The summed E-state index contributed by atoms with van der Waals surface area (Å²) in [6.45, 7) is -2.71. The zero-order chi connectivity index (χ0) is 13.5. The molecule has 88 valence electrons. The number of aliphatic hydroxyl groups excluding tert-OH is 1. The van der Waals surface area contributed by atoms with Crippen molar-refractivity contribution in [2.75, 3.05) is 6.56 Å². The zero-order valence-corrected chi connectivity index (χ0v) is 8.16. The second-order valence-electron chi connectivity index (χ2n) is 3.46. The summed E-state index contributed by atoms with van der Waals surface area (Å²) in [7, 11) is 0. The first-order valence-corrected chi connectivity index (χ1v) is 4.66. The molecule has 2 heterocycles. The van der Waals surface area contributed by atoms with Crippen LogP contribution < -0.4 is 11.2 Å². The molecule has 1 saturated heterocycles. The zero-order valence-electron chi connectivity index (χ0n) is 10.2. The topological polar surface area (TPSA) is 105 Å². The fourth-order valence-electron chi connectivity index (χ4n) is 1.60. The Balaban J connectivity index is 2.27. The van der Waals surface area contributed by atoms with Gasteiger partial charge in [-0.15, -0.1) is 0 Å². The van der Waals surface area contributed by atoms with Gasteiger partial charge in [0.25, 0.3) is 5.56 Å². The van der Waals surface area contributed by atoms with Gasteiger partial charge in [0.15, 0.2) is 0 Å². The van der Waals surface area contributed by atoms with Crippen molar-refractivity contribution in [1.29, 1.82) is 0 Å². The van der Waals surface area contributed by atoms with Gasteiger partial charge >= 0.3 is 5.69 Å². The predicted octanol–water partition coefficient (Wildman–Crippen LogP) is -1.82. The van der Waals surface area contributed by atoms with Gasteiger partial charge in [0.1, 0.15) is 12.3 Å². The van der Waals surface area contributed by atoms with Crippen molar-refractivity contribution in [2.45, 2.75) is 24.9 Å². The van der Waals surface area contributed by atoms with Crippen molar-refractivity contribution in [3.63, 3.8) is 0 Å². The summed E-state index contributed by atoms with van der Waals surface area (Å²) in [6.07, 6.45) is -2.49. The molecule has 3 atom stereocenters. The molecule has 1 aliphatic rings. The third-order valence-corrected chi connectivity index (χ3v) is 2.38. The van der Waals surface area contributed by atoms with E-state index < -0.39 is 36.2 Å². The Morgan fingerprint density at radius 1 is 1.69 bits per heavy atom. The lowest BCUT2D eigenvalue weighted by molar-refractivity contribution is -0.0459. The largest absolute Gasteiger partial charge is 0.394 e. The number of aromatic amines is 1. The first kappa shape index (κ1) is 8.68. The summed E-state index contributed by atoms with van der Waals surface area (Å²) in [5.41, 5.74) is -1.29. The van der Waals surface area contributed by atoms with E-state index in [1.807, 2.05) is 4.98 Å². The van der Waals surface area contributed by atoms with Crippen LogP contribution in [0.5, 0.6) is 0 Å². The average molecular weight is 230 g/mol. The second kappa shape index (κ2) is 4.20. The Morgan fingerprint density at radius 2 is 2.44 bits per heavy atom. The highest BCUT2D eigenvalue weighted by molar-refractivity contribution is 4.88. The molecule has 0 unspecified atom stereocenters. The highest BCUT2D eigenvalue weighted by Gasteiger charge is 2.34. The first-order chi connectivity index (χ1) is 8.29. The third-order valence-electron chi connectivity index (χ3n) is 2.38. The minimum atomic E-state index is -2.71. The number of hydrogen-bond donors (Lipinski definition) is 3. The maximum absolute atomic E-state index is 11.5. The van der Waals surface area contributed by atoms with Crippen molar-refractivity contribution in [2.24, 2.45) is 0 Å². The molecule has 1 fully saturated rings. The molecule has 7 heteroatoms. The van der Waals surface area contributed by atoms with Gasteiger partial charge in [0.2, 0.25) is 0 Å². The Morgan fingerprint density at radius 3 is 3.00 bits per heavy atom. The lowest BCUT2D eigenvalue weighted by Gasteiger charge is -2.13. The molecule has 7 nitrogen and oxygen atoms in total. The summed E-state index contributed by atoms with van der Waals surface area (Å²) in [5, 5.41) is 18.8. The van der Waals surface area contributed by atoms with Gasteiger partial charge in [0.05, 0.1) is 15.4 Å². The molecule has 16 heavy (non-hydrogen) atoms. The van der Waals surface area contributed by atoms with E-state index in [9.17, 15) is 14.7 Å². The summed E-state index contributed by atoms with van der Waals surface area (Å²) < 4.78 is 20.3. The second-order valence-corrected chi connectivity index (χ2v) is 3.46. The monoisotopic (exact) mass is 230 g/mol. The minimum absolute atomic E-state index is 0.0588. The number of nitrogens with one attached hydrogen (secondary N) is 1. The van der Waals surface area contributed by atoms with Crippen LogP contribution in [0, 0.1) is 0 Å². The van der Waals surface area contributed by atoms with E-state index in [1.165, 1.54) is 6.20 Å². The van der Waals surface area contributed by atoms with E-state index >= 15 is 0 Å². The molecule has 0 aromatic carbocycles. The van der Waals surface area contributed by atoms with E-state index in [4.69, 9.17) is 12.6 Å². The number of rotatable bonds is 2. The Hall–Kier alpha value is -1.44. The van der Waals surface area contributed by atoms with Gasteiger partial charge in [-0.05, 0) is 0 Å². The third kappa shape index (κ3) is 1.92. The van der Waals surface area contributed by atoms with Crippen LogP contribution in [0.25, 0.3) is 0 Å². The maximum atomic E-state index is 11.5. The van der Waals surface area contributed by atoms with Crippen LogP contribution >= 0.6 is 0 Å². The van der Waals surface area contributed by atoms with Crippen molar-refractivity contribution < 1.29 is 17.7 Å². The first-order valence-electron chi connectivity index (χ1n) is 5.66. The highest BCUT2D eigenvalue weighted by atomic mass is 16.5. The van der Waals surface area contributed by atoms with Crippen LogP contribution in [0.1, 0.15) is 15.4 Å². The Bertz CT molecular complexity index is 549. The van der Waals surface area contributed by atoms with Crippen LogP contribution in [-0.4, -0.2) is 38.5 Å². The van der Waals surface area contributed by atoms with E-state index in [1.54, 1.807) is 0 Å². The molecule has 1 aromatic heterocycles. The number of aliphatic hydroxyl groups is 2. The van der Waals surface area contributed by atoms with Gasteiger partial charge in [-0.2, -0.15) is 0 Å². The van der Waals surface area contributed by atoms with Crippen molar-refractivity contribution in [3.05, 3.63) is 33.1 Å². The maximum Gasteiger partial charge on any atom is 0.330 e. The molecule has 0 radical (unpaired) electrons. The quantitative estimate of drug-likeness (QED) is 0.554. The molecule has 0 aliphatic carbocycles. The van der Waals surface area contributed by atoms with Crippen molar-refractivity contribution in [3.8, 4) is 0 Å². The van der Waals surface area contributed by atoms with E-state index in [2.05, 4.69) is 0 Å². The Labute approximate surface area is 92.7 Å². The van der Waals surface area contributed by atoms with Crippen LogP contribution in [0.3, 0.4) is 0 Å². The van der Waals surface area contributed by atoms with E-state index in [-0.39, 0.29) is 6.42 Å². The molecule has 1 aliphatic heterocycles. The molecule has 2 rings (SSSR count). The van der Waals surface area contributed by atoms with Crippen molar-refractivity contribution >= 4 is 0 Å². The van der Waals surface area contributed by atoms with Crippen LogP contribution in [0.15, 0.2) is 21.9 Å². The van der Waals surface area contributed by atoms with Gasteiger partial charge in [-0.1, -0.05) is 0 Å². The van der Waals surface area contributed by atoms with E-state index in [0.717, 1.165) is 10.6 Å². The molecule has 0 bridgehead atoms. The minimum Gasteiger partial charge on any atom is -0.394 e. The normalized spacial score (nSPS) is 32.2. The number of H-pyrrole nitrogens is 1. The number of nitrogens with zero attached hydrogens (tertiary/aromatic N) is 1. The van der Waals surface area contributed by atoms with Gasteiger partial charge in [0, 0.05) is 18.7 Å². The smallest absolute Gasteiger partial charge is 0.330 e. The molecule has 0 spiro atoms. The van der Waals surface area contributed by atoms with Gasteiger partial charge in [-0.3, -0.25) is 14.3 Å². The number of aromatic nitrogens is 2. The van der Waals surface area contributed by atoms with Crippen LogP contribution in [0.4, 0.5) is 0 Å². The van der Waals surface area contributed by atoms with Crippen LogP contribution in [-0.2, 0) is 4.74 Å². The molecule has 1 aromatic rings. The SMILES string of the molecule is [2H]C([2H])(O)[C@H]1O[C@@H](n2ccc(=O)[nH]c2=O)C[C@@H]1O. The molecule has 0 amide bonds. The molecular formula is C9H12N2O5. The summed E-state index contributed by atoms with van der Waals surface area (Å²) >= 11 is 0. The molecule has 3 N–H and O–H groups in total. The van der Waals surface area contributed by atoms with Crippen molar-refractivity contribution in [1.82, 2.24) is 9.55 Å². The van der Waals surface area contributed by atoms with Crippen LogP contribution in [0.2, 0.25) is 0 Å². The average Bonchev–Trinajstić information content (AvgIpc) is 2.59. The molecular weight excluding hydrogens is 216 g/mol. The standard InChI is InChI=1S/C9H12N2O5/c12-4-6-5(13)3-8(16-6)11-2-1-7(14)10-9(11)15/h1-2,5-6,8,12-13H,3-4H2,(H,10,14,15)/t5-,6+,8+/m0/s1/i4D2. The lowest BCUT2D eigenvalue weighted by Crippen LogP contribution is -2.31. The van der Waals surface area contributed by atoms with Gasteiger partial charge in [-0.25, -0.2) is 4.79 Å². The summed E-state index contributed by atoms with van der Waals surface area (Å²) in [6, 6.07) is 1.11. The fourth-order valence-corrected chi connectivity index (χ4v) is 1.60. The lowest BCUT2D eigenvalue weighted by atomic mass is 10.2. The summed E-state index contributed by atoms with van der Waals surface area (Å²) in [4.78, 5) is 24.4. The van der Waals surface area contributed by atoms with E-state index in [0.29, 0.717) is 0 Å². The highest BCUT2D eigenvalue weighted by Crippen LogP contribution is 2.26. The molecule has 0 saturated carbocycles. The number of ether oxygens (including phenoxy) is 1. The van der Waals surface area contributed by atoms with Gasteiger partial charge < -0.3 is 14.9 Å². The number of hydrogen-bond acceptors (Lipinski definition) is 5.